The number of aryl methyl sites for hydroxylation is 1. The number of nitro groups is 1. The second-order valence-electron chi connectivity index (χ2n) is 8.20. The van der Waals surface area contributed by atoms with Crippen LogP contribution in [0.1, 0.15) is 16.1 Å². The van der Waals surface area contributed by atoms with E-state index < -0.39 is 16.7 Å². The standard InChI is InChI=1S/C24H19ClFN5O4/c1-14-2-3-19(26)16(10-14)15-12-20-17(11-18(15)25)23(28-13-27-20)29-6-8-30(9-7-29)24(32)21-4-5-22(35-21)31(33)34/h2-5,10-13H,6-9H2,1H3. The van der Waals surface area contributed by atoms with Gasteiger partial charge in [0.05, 0.1) is 11.6 Å². The third kappa shape index (κ3) is 4.28. The van der Waals surface area contributed by atoms with E-state index in [0.29, 0.717) is 53.7 Å². The minimum atomic E-state index is -0.682. The van der Waals surface area contributed by atoms with E-state index in [9.17, 15) is 19.3 Å². The Morgan fingerprint density at radius 1 is 1.09 bits per heavy atom. The van der Waals surface area contributed by atoms with Crippen LogP contribution in [0.3, 0.4) is 0 Å². The van der Waals surface area contributed by atoms with E-state index in [1.165, 1.54) is 18.5 Å². The van der Waals surface area contributed by atoms with E-state index in [1.54, 1.807) is 29.2 Å². The molecule has 0 atom stereocenters. The number of piperazine rings is 1. The molecule has 0 N–H and O–H groups in total. The lowest BCUT2D eigenvalue weighted by molar-refractivity contribution is -0.402. The van der Waals surface area contributed by atoms with Gasteiger partial charge in [-0.3, -0.25) is 14.9 Å². The van der Waals surface area contributed by atoms with Crippen molar-refractivity contribution >= 4 is 40.1 Å². The van der Waals surface area contributed by atoms with E-state index >= 15 is 0 Å². The predicted octanol–water partition coefficient (Wildman–Crippen LogP) is 4.86. The van der Waals surface area contributed by atoms with Crippen molar-refractivity contribution in [2.24, 2.45) is 0 Å². The molecular formula is C24H19ClFN5O4. The Morgan fingerprint density at radius 2 is 1.86 bits per heavy atom. The number of nitrogens with zero attached hydrogens (tertiary/aromatic N) is 5. The molecule has 2 aromatic heterocycles. The number of halogens is 2. The summed E-state index contributed by atoms with van der Waals surface area (Å²) in [7, 11) is 0. The van der Waals surface area contributed by atoms with Crippen molar-refractivity contribution in [3.05, 3.63) is 81.1 Å². The molecule has 1 saturated heterocycles. The summed E-state index contributed by atoms with van der Waals surface area (Å²) in [6, 6.07) is 10.8. The molecule has 1 fully saturated rings. The molecule has 35 heavy (non-hydrogen) atoms. The number of anilines is 1. The highest BCUT2D eigenvalue weighted by Gasteiger charge is 2.27. The lowest BCUT2D eigenvalue weighted by Gasteiger charge is -2.35. The topological polar surface area (TPSA) is 106 Å². The third-order valence-electron chi connectivity index (χ3n) is 5.96. The van der Waals surface area contributed by atoms with Gasteiger partial charge in [-0.2, -0.15) is 0 Å². The van der Waals surface area contributed by atoms with Crippen molar-refractivity contribution < 1.29 is 18.5 Å². The van der Waals surface area contributed by atoms with E-state index in [-0.39, 0.29) is 11.6 Å². The number of amides is 1. The Balaban J connectivity index is 1.39. The fourth-order valence-electron chi connectivity index (χ4n) is 4.18. The van der Waals surface area contributed by atoms with Gasteiger partial charge >= 0.3 is 5.88 Å². The molecule has 11 heteroatoms. The molecule has 5 rings (SSSR count). The van der Waals surface area contributed by atoms with E-state index in [4.69, 9.17) is 16.0 Å². The quantitative estimate of drug-likeness (QED) is 0.294. The lowest BCUT2D eigenvalue weighted by atomic mass is 10.0. The molecule has 1 amide bonds. The zero-order chi connectivity index (χ0) is 24.7. The Labute approximate surface area is 203 Å². The maximum absolute atomic E-state index is 14.5. The molecule has 3 heterocycles. The maximum Gasteiger partial charge on any atom is 0.433 e. The van der Waals surface area contributed by atoms with Crippen LogP contribution < -0.4 is 4.90 Å². The zero-order valence-electron chi connectivity index (χ0n) is 18.6. The van der Waals surface area contributed by atoms with E-state index in [0.717, 1.165) is 17.0 Å². The third-order valence-corrected chi connectivity index (χ3v) is 6.28. The Kier molecular flexibility index (Phi) is 5.81. The van der Waals surface area contributed by atoms with Crippen LogP contribution in [0.25, 0.3) is 22.0 Å². The minimum Gasteiger partial charge on any atom is -0.395 e. The number of carbonyl (C=O) groups excluding carboxylic acids is 1. The van der Waals surface area contributed by atoms with Crippen molar-refractivity contribution in [2.75, 3.05) is 31.1 Å². The highest BCUT2D eigenvalue weighted by Crippen LogP contribution is 2.36. The number of rotatable bonds is 4. The molecular weight excluding hydrogens is 477 g/mol. The second kappa shape index (κ2) is 8.95. The molecule has 178 valence electrons. The normalized spacial score (nSPS) is 13.9. The van der Waals surface area contributed by atoms with Gasteiger partial charge in [0.2, 0.25) is 0 Å². The summed E-state index contributed by atoms with van der Waals surface area (Å²) in [6.07, 6.45) is 1.45. The zero-order valence-corrected chi connectivity index (χ0v) is 19.3. The van der Waals surface area contributed by atoms with Crippen LogP contribution in [0.4, 0.5) is 16.1 Å². The average Bonchev–Trinajstić information content (AvgIpc) is 3.35. The number of furan rings is 1. The van der Waals surface area contributed by atoms with Crippen molar-refractivity contribution in [3.63, 3.8) is 0 Å². The van der Waals surface area contributed by atoms with Gasteiger partial charge < -0.3 is 14.2 Å². The summed E-state index contributed by atoms with van der Waals surface area (Å²) in [5.74, 6) is -0.651. The summed E-state index contributed by atoms with van der Waals surface area (Å²) >= 11 is 6.58. The summed E-state index contributed by atoms with van der Waals surface area (Å²) in [5.41, 5.74) is 2.49. The van der Waals surface area contributed by atoms with Gasteiger partial charge in [-0.1, -0.05) is 23.2 Å². The van der Waals surface area contributed by atoms with Crippen LogP contribution in [0.5, 0.6) is 0 Å². The van der Waals surface area contributed by atoms with Gasteiger partial charge in [-0.15, -0.1) is 0 Å². The molecule has 0 aliphatic carbocycles. The van der Waals surface area contributed by atoms with Crippen LogP contribution in [0, 0.1) is 22.9 Å². The molecule has 1 aliphatic heterocycles. The average molecular weight is 496 g/mol. The number of carbonyl (C=O) groups is 1. The first-order chi connectivity index (χ1) is 16.8. The van der Waals surface area contributed by atoms with Crippen LogP contribution in [-0.2, 0) is 0 Å². The number of fused-ring (bicyclic) bond motifs is 1. The SMILES string of the molecule is Cc1ccc(F)c(-c2cc3ncnc(N4CCN(C(=O)c5ccc([N+](=O)[O-])o5)CC4)c3cc2Cl)c1. The van der Waals surface area contributed by atoms with Gasteiger partial charge in [-0.05, 0) is 37.3 Å². The Bertz CT molecular complexity index is 1470. The molecule has 0 saturated carbocycles. The molecule has 0 spiro atoms. The number of hydrogen-bond donors (Lipinski definition) is 0. The van der Waals surface area contributed by atoms with E-state index in [1.807, 2.05) is 11.8 Å². The smallest absolute Gasteiger partial charge is 0.395 e. The van der Waals surface area contributed by atoms with Crippen LogP contribution in [0.15, 0.2) is 53.2 Å². The first-order valence-corrected chi connectivity index (χ1v) is 11.2. The van der Waals surface area contributed by atoms with Crippen LogP contribution in [0.2, 0.25) is 5.02 Å². The summed E-state index contributed by atoms with van der Waals surface area (Å²) in [5, 5.41) is 11.9. The maximum atomic E-state index is 14.5. The van der Waals surface area contributed by atoms with Crippen LogP contribution in [-0.4, -0.2) is 51.9 Å². The molecule has 2 aromatic carbocycles. The highest BCUT2D eigenvalue weighted by molar-refractivity contribution is 6.34. The molecule has 0 unspecified atom stereocenters. The monoisotopic (exact) mass is 495 g/mol. The lowest BCUT2D eigenvalue weighted by Crippen LogP contribution is -2.49. The van der Waals surface area contributed by atoms with Crippen molar-refractivity contribution in [2.45, 2.75) is 6.92 Å². The first-order valence-electron chi connectivity index (χ1n) is 10.8. The second-order valence-corrected chi connectivity index (χ2v) is 8.61. The summed E-state index contributed by atoms with van der Waals surface area (Å²) < 4.78 is 19.5. The largest absolute Gasteiger partial charge is 0.433 e. The van der Waals surface area contributed by atoms with Crippen LogP contribution >= 0.6 is 11.6 Å². The number of hydrogen-bond acceptors (Lipinski definition) is 7. The molecule has 0 radical (unpaired) electrons. The molecule has 4 aromatic rings. The Morgan fingerprint density at radius 3 is 2.57 bits per heavy atom. The van der Waals surface area contributed by atoms with Gasteiger partial charge in [0.25, 0.3) is 5.91 Å². The number of aromatic nitrogens is 2. The predicted molar refractivity (Wildman–Crippen MR) is 128 cm³/mol. The van der Waals surface area contributed by atoms with Gasteiger partial charge in [0.15, 0.2) is 5.76 Å². The first kappa shape index (κ1) is 22.7. The van der Waals surface area contributed by atoms with Gasteiger partial charge in [0, 0.05) is 47.7 Å². The Hall–Kier alpha value is -4.05. The highest BCUT2D eigenvalue weighted by atomic mass is 35.5. The molecule has 1 aliphatic rings. The fourth-order valence-corrected chi connectivity index (χ4v) is 4.45. The van der Waals surface area contributed by atoms with Gasteiger partial charge in [0.1, 0.15) is 22.9 Å². The summed E-state index contributed by atoms with van der Waals surface area (Å²) in [4.78, 5) is 35.2. The van der Waals surface area contributed by atoms with E-state index in [2.05, 4.69) is 9.97 Å². The molecule has 9 nitrogen and oxygen atoms in total. The van der Waals surface area contributed by atoms with Crippen molar-refractivity contribution in [3.8, 4) is 11.1 Å². The van der Waals surface area contributed by atoms with Crippen molar-refractivity contribution in [1.29, 1.82) is 0 Å². The summed E-state index contributed by atoms with van der Waals surface area (Å²) in [6.45, 7) is 3.59. The van der Waals surface area contributed by atoms with Gasteiger partial charge in [-0.25, -0.2) is 14.4 Å². The fraction of sp³-hybridized carbons (Fsp3) is 0.208. The van der Waals surface area contributed by atoms with Crippen molar-refractivity contribution in [1.82, 2.24) is 14.9 Å². The molecule has 0 bridgehead atoms. The number of benzene rings is 2. The minimum absolute atomic E-state index is 0.0691.